The highest BCUT2D eigenvalue weighted by molar-refractivity contribution is 6.06. The number of para-hydroxylation sites is 2. The number of nitrogens with one attached hydrogen (secondary N) is 2. The van der Waals surface area contributed by atoms with Crippen LogP contribution in [0.5, 0.6) is 0 Å². The summed E-state index contributed by atoms with van der Waals surface area (Å²) in [4.78, 5) is 30.8. The summed E-state index contributed by atoms with van der Waals surface area (Å²) in [5.41, 5.74) is 1.14. The number of anilines is 2. The molecule has 0 saturated carbocycles. The highest BCUT2D eigenvalue weighted by Crippen LogP contribution is 2.36. The van der Waals surface area contributed by atoms with Crippen molar-refractivity contribution in [3.8, 4) is 0 Å². The maximum Gasteiger partial charge on any atom is 0.250 e. The Morgan fingerprint density at radius 3 is 2.69 bits per heavy atom. The van der Waals surface area contributed by atoms with Crippen LogP contribution in [0.25, 0.3) is 0 Å². The summed E-state index contributed by atoms with van der Waals surface area (Å²) in [7, 11) is 0. The van der Waals surface area contributed by atoms with E-state index in [4.69, 9.17) is 0 Å². The predicted molar refractivity (Wildman–Crippen MR) is 96.5 cm³/mol. The van der Waals surface area contributed by atoms with Gasteiger partial charge in [-0.3, -0.25) is 14.3 Å². The van der Waals surface area contributed by atoms with Crippen molar-refractivity contribution in [3.63, 3.8) is 0 Å². The second-order valence-corrected chi connectivity index (χ2v) is 6.85. The maximum atomic E-state index is 12.6. The molecule has 0 atom stereocenters. The van der Waals surface area contributed by atoms with Crippen molar-refractivity contribution >= 4 is 23.2 Å². The normalized spacial score (nSPS) is 18.2. The van der Waals surface area contributed by atoms with Gasteiger partial charge in [0.15, 0.2) is 0 Å². The summed E-state index contributed by atoms with van der Waals surface area (Å²) in [5, 5.41) is 10.4. The largest absolute Gasteiger partial charge is 0.369 e. The SMILES string of the molecule is O=C(CCCn1cncn1)N1CCC2(CC1)Nc1ccccc1NC2=O. The van der Waals surface area contributed by atoms with Gasteiger partial charge < -0.3 is 15.5 Å². The lowest BCUT2D eigenvalue weighted by atomic mass is 9.84. The minimum absolute atomic E-state index is 0.00511. The summed E-state index contributed by atoms with van der Waals surface area (Å²) < 4.78 is 1.73. The lowest BCUT2D eigenvalue weighted by molar-refractivity contribution is -0.134. The number of fused-ring (bicyclic) bond motifs is 1. The Balaban J connectivity index is 1.32. The predicted octanol–water partition coefficient (Wildman–Crippen LogP) is 1.48. The number of hydrogen-bond acceptors (Lipinski definition) is 5. The van der Waals surface area contributed by atoms with Crippen LogP contribution in [0.3, 0.4) is 0 Å². The van der Waals surface area contributed by atoms with Gasteiger partial charge in [0.2, 0.25) is 11.8 Å². The summed E-state index contributed by atoms with van der Waals surface area (Å²) in [5.74, 6) is 0.131. The fourth-order valence-electron chi connectivity index (χ4n) is 3.65. The standard InChI is InChI=1S/C18H22N6O2/c25-16(6-3-9-24-13-19-12-20-24)23-10-7-18(8-11-23)17(26)21-14-4-1-2-5-15(14)22-18/h1-2,4-5,12-13,22H,3,6-11H2,(H,21,26). The molecule has 1 aromatic carbocycles. The zero-order valence-electron chi connectivity index (χ0n) is 14.5. The Morgan fingerprint density at radius 2 is 1.96 bits per heavy atom. The molecular weight excluding hydrogens is 332 g/mol. The first-order chi connectivity index (χ1) is 12.7. The van der Waals surface area contributed by atoms with Crippen LogP contribution in [0.4, 0.5) is 11.4 Å². The topological polar surface area (TPSA) is 92.2 Å². The molecule has 8 heteroatoms. The zero-order valence-corrected chi connectivity index (χ0v) is 14.5. The molecule has 3 heterocycles. The Labute approximate surface area is 151 Å². The van der Waals surface area contributed by atoms with E-state index in [1.807, 2.05) is 29.2 Å². The quantitative estimate of drug-likeness (QED) is 0.868. The van der Waals surface area contributed by atoms with Crippen LogP contribution in [-0.2, 0) is 16.1 Å². The van der Waals surface area contributed by atoms with Crippen LogP contribution >= 0.6 is 0 Å². The van der Waals surface area contributed by atoms with Crippen molar-refractivity contribution in [2.24, 2.45) is 0 Å². The van der Waals surface area contributed by atoms with Crippen molar-refractivity contribution in [3.05, 3.63) is 36.9 Å². The fraction of sp³-hybridized carbons (Fsp3) is 0.444. The maximum absolute atomic E-state index is 12.6. The Hall–Kier alpha value is -2.90. The number of likely N-dealkylation sites (tertiary alicyclic amines) is 1. The summed E-state index contributed by atoms with van der Waals surface area (Å²) >= 11 is 0. The van der Waals surface area contributed by atoms with Gasteiger partial charge in [-0.2, -0.15) is 5.10 Å². The molecule has 2 amide bonds. The molecule has 0 aliphatic carbocycles. The number of carbonyl (C=O) groups is 2. The van der Waals surface area contributed by atoms with Gasteiger partial charge in [0.25, 0.3) is 0 Å². The lowest BCUT2D eigenvalue weighted by Gasteiger charge is -2.44. The fourth-order valence-corrected chi connectivity index (χ4v) is 3.65. The van der Waals surface area contributed by atoms with Crippen LogP contribution in [0, 0.1) is 0 Å². The van der Waals surface area contributed by atoms with E-state index < -0.39 is 5.54 Å². The van der Waals surface area contributed by atoms with Gasteiger partial charge in [-0.05, 0) is 31.4 Å². The third kappa shape index (κ3) is 3.14. The van der Waals surface area contributed by atoms with E-state index in [-0.39, 0.29) is 11.8 Å². The summed E-state index contributed by atoms with van der Waals surface area (Å²) in [6.45, 7) is 1.86. The Bertz CT molecular complexity index is 796. The number of piperidine rings is 1. The average Bonchev–Trinajstić information content (AvgIpc) is 3.17. The number of rotatable bonds is 4. The van der Waals surface area contributed by atoms with Gasteiger partial charge in [-0.25, -0.2) is 4.98 Å². The monoisotopic (exact) mass is 354 g/mol. The molecule has 2 aromatic rings. The van der Waals surface area contributed by atoms with E-state index in [0.29, 0.717) is 38.9 Å². The molecule has 4 rings (SSSR count). The lowest BCUT2D eigenvalue weighted by Crippen LogP contribution is -2.59. The number of carbonyl (C=O) groups excluding carboxylic acids is 2. The molecule has 2 N–H and O–H groups in total. The van der Waals surface area contributed by atoms with Crippen molar-refractivity contribution in [2.45, 2.75) is 37.8 Å². The van der Waals surface area contributed by atoms with E-state index in [1.54, 1.807) is 11.0 Å². The molecule has 136 valence electrons. The molecular formula is C18H22N6O2. The van der Waals surface area contributed by atoms with E-state index in [9.17, 15) is 9.59 Å². The van der Waals surface area contributed by atoms with Gasteiger partial charge in [0, 0.05) is 26.1 Å². The second kappa shape index (κ2) is 6.78. The molecule has 0 radical (unpaired) electrons. The van der Waals surface area contributed by atoms with Crippen molar-refractivity contribution in [1.29, 1.82) is 0 Å². The highest BCUT2D eigenvalue weighted by atomic mass is 16.2. The Kier molecular flexibility index (Phi) is 4.32. The summed E-state index contributed by atoms with van der Waals surface area (Å²) in [6, 6.07) is 7.71. The van der Waals surface area contributed by atoms with Crippen molar-refractivity contribution < 1.29 is 9.59 Å². The highest BCUT2D eigenvalue weighted by Gasteiger charge is 2.44. The van der Waals surface area contributed by atoms with E-state index in [0.717, 1.165) is 17.8 Å². The minimum Gasteiger partial charge on any atom is -0.369 e. The first kappa shape index (κ1) is 16.6. The third-order valence-corrected chi connectivity index (χ3v) is 5.20. The number of aryl methyl sites for hydroxylation is 1. The molecule has 1 spiro atoms. The van der Waals surface area contributed by atoms with E-state index >= 15 is 0 Å². The first-order valence-electron chi connectivity index (χ1n) is 8.95. The number of aromatic nitrogens is 3. The molecule has 1 aromatic heterocycles. The molecule has 26 heavy (non-hydrogen) atoms. The molecule has 2 aliphatic heterocycles. The number of amides is 2. The number of hydrogen-bond donors (Lipinski definition) is 2. The van der Waals surface area contributed by atoms with Gasteiger partial charge >= 0.3 is 0 Å². The minimum atomic E-state index is -0.619. The van der Waals surface area contributed by atoms with Crippen LogP contribution in [0.15, 0.2) is 36.9 Å². The van der Waals surface area contributed by atoms with E-state index in [1.165, 1.54) is 6.33 Å². The molecule has 0 bridgehead atoms. The zero-order chi connectivity index (χ0) is 18.0. The smallest absolute Gasteiger partial charge is 0.250 e. The molecule has 8 nitrogen and oxygen atoms in total. The van der Waals surface area contributed by atoms with Crippen LogP contribution < -0.4 is 10.6 Å². The second-order valence-electron chi connectivity index (χ2n) is 6.85. The average molecular weight is 354 g/mol. The molecule has 2 aliphatic rings. The molecule has 1 fully saturated rings. The molecule has 0 unspecified atom stereocenters. The van der Waals surface area contributed by atoms with Gasteiger partial charge in [0.05, 0.1) is 11.4 Å². The van der Waals surface area contributed by atoms with Gasteiger partial charge in [-0.15, -0.1) is 0 Å². The third-order valence-electron chi connectivity index (χ3n) is 5.20. The first-order valence-corrected chi connectivity index (χ1v) is 8.95. The van der Waals surface area contributed by atoms with Crippen LogP contribution in [0.2, 0.25) is 0 Å². The number of benzene rings is 1. The Morgan fingerprint density at radius 1 is 1.19 bits per heavy atom. The van der Waals surface area contributed by atoms with Crippen LogP contribution in [-0.4, -0.2) is 50.1 Å². The van der Waals surface area contributed by atoms with Crippen molar-refractivity contribution in [2.75, 3.05) is 23.7 Å². The number of nitrogens with zero attached hydrogens (tertiary/aromatic N) is 4. The van der Waals surface area contributed by atoms with Gasteiger partial charge in [0.1, 0.15) is 18.2 Å². The van der Waals surface area contributed by atoms with Gasteiger partial charge in [-0.1, -0.05) is 12.1 Å². The molecule has 1 saturated heterocycles. The van der Waals surface area contributed by atoms with E-state index in [2.05, 4.69) is 20.7 Å². The van der Waals surface area contributed by atoms with Crippen LogP contribution in [0.1, 0.15) is 25.7 Å². The van der Waals surface area contributed by atoms with Crippen molar-refractivity contribution in [1.82, 2.24) is 19.7 Å². The summed E-state index contributed by atoms with van der Waals surface area (Å²) in [6.07, 6.45) is 5.59.